The molecule has 2 rings (SSSR count). The normalized spacial score (nSPS) is 10.3. The largest absolute Gasteiger partial charge is 0.508 e. The van der Waals surface area contributed by atoms with E-state index >= 15 is 0 Å². The maximum atomic E-state index is 11.7. The van der Waals surface area contributed by atoms with Crippen molar-refractivity contribution in [3.63, 3.8) is 0 Å². The molecule has 0 radical (unpaired) electrons. The summed E-state index contributed by atoms with van der Waals surface area (Å²) in [4.78, 5) is 11.7. The third kappa shape index (κ3) is 6.00. The third-order valence-electron chi connectivity index (χ3n) is 3.51. The number of urea groups is 1. The SMILES string of the molecule is O=C(NCCc1ccc(CO)cc1)NCCc1cccc(O)c1. The summed E-state index contributed by atoms with van der Waals surface area (Å²) in [5.41, 5.74) is 2.97. The van der Waals surface area contributed by atoms with Gasteiger partial charge >= 0.3 is 6.03 Å². The molecule has 5 nitrogen and oxygen atoms in total. The van der Waals surface area contributed by atoms with Gasteiger partial charge in [-0.25, -0.2) is 4.79 Å². The van der Waals surface area contributed by atoms with E-state index in [-0.39, 0.29) is 18.4 Å². The number of aliphatic hydroxyl groups is 1. The smallest absolute Gasteiger partial charge is 0.314 e. The molecule has 0 atom stereocenters. The highest BCUT2D eigenvalue weighted by atomic mass is 16.3. The number of aromatic hydroxyl groups is 1. The quantitative estimate of drug-likeness (QED) is 0.631. The molecule has 2 amide bonds. The van der Waals surface area contributed by atoms with Crippen LogP contribution in [0, 0.1) is 0 Å². The predicted molar refractivity (Wildman–Crippen MR) is 89.3 cm³/mol. The van der Waals surface area contributed by atoms with E-state index in [2.05, 4.69) is 10.6 Å². The number of nitrogens with one attached hydrogen (secondary N) is 2. The van der Waals surface area contributed by atoms with Gasteiger partial charge in [-0.05, 0) is 41.7 Å². The molecule has 0 aromatic heterocycles. The first-order chi connectivity index (χ1) is 11.2. The van der Waals surface area contributed by atoms with Crippen LogP contribution in [0.2, 0.25) is 0 Å². The molecule has 0 bridgehead atoms. The number of phenolic OH excluding ortho intramolecular Hbond substituents is 1. The average Bonchev–Trinajstić information content (AvgIpc) is 2.55. The van der Waals surface area contributed by atoms with Crippen LogP contribution in [0.4, 0.5) is 4.79 Å². The molecule has 0 spiro atoms. The van der Waals surface area contributed by atoms with Crippen LogP contribution in [0.25, 0.3) is 0 Å². The summed E-state index contributed by atoms with van der Waals surface area (Å²) < 4.78 is 0. The van der Waals surface area contributed by atoms with Crippen LogP contribution in [-0.2, 0) is 19.4 Å². The highest BCUT2D eigenvalue weighted by molar-refractivity contribution is 5.73. The molecule has 0 aliphatic heterocycles. The van der Waals surface area contributed by atoms with E-state index < -0.39 is 0 Å². The van der Waals surface area contributed by atoms with Crippen molar-refractivity contribution in [3.05, 3.63) is 65.2 Å². The fourth-order valence-electron chi connectivity index (χ4n) is 2.23. The average molecular weight is 314 g/mol. The summed E-state index contributed by atoms with van der Waals surface area (Å²) in [6.07, 6.45) is 1.41. The summed E-state index contributed by atoms with van der Waals surface area (Å²) in [6.45, 7) is 1.11. The Morgan fingerprint density at radius 3 is 2.09 bits per heavy atom. The number of rotatable bonds is 7. The number of hydrogen-bond acceptors (Lipinski definition) is 3. The summed E-state index contributed by atoms with van der Waals surface area (Å²) in [6, 6.07) is 14.5. The van der Waals surface area contributed by atoms with Gasteiger partial charge in [0, 0.05) is 13.1 Å². The van der Waals surface area contributed by atoms with Gasteiger partial charge in [-0.2, -0.15) is 0 Å². The minimum Gasteiger partial charge on any atom is -0.508 e. The number of aliphatic hydroxyl groups excluding tert-OH is 1. The molecule has 0 saturated carbocycles. The standard InChI is InChI=1S/C18H22N2O3/c21-13-16-6-4-14(5-7-16)8-10-19-18(23)20-11-9-15-2-1-3-17(22)12-15/h1-7,12,21-22H,8-11,13H2,(H2,19,20,23). The van der Waals surface area contributed by atoms with Gasteiger partial charge in [0.2, 0.25) is 0 Å². The molecule has 5 heteroatoms. The predicted octanol–water partition coefficient (Wildman–Crippen LogP) is 1.97. The van der Waals surface area contributed by atoms with E-state index in [0.717, 1.165) is 23.1 Å². The Bertz CT molecular complexity index is 626. The number of phenols is 1. The monoisotopic (exact) mass is 314 g/mol. The van der Waals surface area contributed by atoms with Gasteiger partial charge in [0.25, 0.3) is 0 Å². The molecule has 2 aromatic carbocycles. The minimum absolute atomic E-state index is 0.0418. The van der Waals surface area contributed by atoms with Crippen molar-refractivity contribution in [2.24, 2.45) is 0 Å². The molecule has 0 fully saturated rings. The van der Waals surface area contributed by atoms with E-state index in [4.69, 9.17) is 5.11 Å². The Morgan fingerprint density at radius 2 is 1.48 bits per heavy atom. The van der Waals surface area contributed by atoms with Crippen LogP contribution in [0.15, 0.2) is 48.5 Å². The fourth-order valence-corrected chi connectivity index (χ4v) is 2.23. The molecule has 0 heterocycles. The summed E-state index contributed by atoms with van der Waals surface area (Å²) in [5, 5.41) is 23.9. The lowest BCUT2D eigenvalue weighted by Gasteiger charge is -2.08. The summed E-state index contributed by atoms with van der Waals surface area (Å²) in [7, 11) is 0. The lowest BCUT2D eigenvalue weighted by atomic mass is 10.1. The Balaban J connectivity index is 1.63. The molecule has 0 unspecified atom stereocenters. The van der Waals surface area contributed by atoms with Crippen LogP contribution in [0.3, 0.4) is 0 Å². The van der Waals surface area contributed by atoms with Gasteiger partial charge in [0.05, 0.1) is 6.61 Å². The lowest BCUT2D eigenvalue weighted by Crippen LogP contribution is -2.37. The topological polar surface area (TPSA) is 81.6 Å². The van der Waals surface area contributed by atoms with Crippen LogP contribution < -0.4 is 10.6 Å². The second kappa shape index (κ2) is 8.80. The Hall–Kier alpha value is -2.53. The Labute approximate surface area is 136 Å². The van der Waals surface area contributed by atoms with E-state index in [9.17, 15) is 9.90 Å². The third-order valence-corrected chi connectivity index (χ3v) is 3.51. The fraction of sp³-hybridized carbons (Fsp3) is 0.278. The maximum Gasteiger partial charge on any atom is 0.314 e. The van der Waals surface area contributed by atoms with E-state index in [1.54, 1.807) is 18.2 Å². The van der Waals surface area contributed by atoms with Crippen molar-refractivity contribution in [3.8, 4) is 5.75 Å². The van der Waals surface area contributed by atoms with Gasteiger partial charge < -0.3 is 20.8 Å². The van der Waals surface area contributed by atoms with Crippen LogP contribution in [0.5, 0.6) is 5.75 Å². The molecule has 122 valence electrons. The molecule has 23 heavy (non-hydrogen) atoms. The number of carbonyl (C=O) groups is 1. The van der Waals surface area contributed by atoms with Crippen LogP contribution in [-0.4, -0.2) is 29.3 Å². The highest BCUT2D eigenvalue weighted by Gasteiger charge is 2.01. The zero-order valence-electron chi connectivity index (χ0n) is 13.0. The van der Waals surface area contributed by atoms with Gasteiger partial charge in [-0.15, -0.1) is 0 Å². The van der Waals surface area contributed by atoms with Crippen LogP contribution in [0.1, 0.15) is 16.7 Å². The second-order valence-electron chi connectivity index (χ2n) is 5.33. The zero-order chi connectivity index (χ0) is 16.5. The van der Waals surface area contributed by atoms with Crippen molar-refractivity contribution in [2.75, 3.05) is 13.1 Å². The van der Waals surface area contributed by atoms with Crippen molar-refractivity contribution >= 4 is 6.03 Å². The number of benzene rings is 2. The molecule has 0 saturated heterocycles. The van der Waals surface area contributed by atoms with E-state index in [0.29, 0.717) is 19.5 Å². The van der Waals surface area contributed by atoms with E-state index in [1.165, 1.54) is 0 Å². The number of amides is 2. The molecular weight excluding hydrogens is 292 g/mol. The second-order valence-corrected chi connectivity index (χ2v) is 5.33. The highest BCUT2D eigenvalue weighted by Crippen LogP contribution is 2.10. The minimum atomic E-state index is -0.197. The Kier molecular flexibility index (Phi) is 6.44. The first-order valence-electron chi connectivity index (χ1n) is 7.65. The Morgan fingerprint density at radius 1 is 0.870 bits per heavy atom. The lowest BCUT2D eigenvalue weighted by molar-refractivity contribution is 0.241. The van der Waals surface area contributed by atoms with Gasteiger partial charge in [0.15, 0.2) is 0 Å². The van der Waals surface area contributed by atoms with Gasteiger partial charge in [-0.3, -0.25) is 0 Å². The first kappa shape index (κ1) is 16.8. The van der Waals surface area contributed by atoms with E-state index in [1.807, 2.05) is 30.3 Å². The zero-order valence-corrected chi connectivity index (χ0v) is 13.0. The number of carbonyl (C=O) groups excluding carboxylic acids is 1. The molecule has 4 N–H and O–H groups in total. The molecular formula is C18H22N2O3. The number of hydrogen-bond donors (Lipinski definition) is 4. The molecule has 0 aliphatic carbocycles. The van der Waals surface area contributed by atoms with Crippen LogP contribution >= 0.6 is 0 Å². The summed E-state index contributed by atoms with van der Waals surface area (Å²) >= 11 is 0. The van der Waals surface area contributed by atoms with Crippen molar-refractivity contribution in [2.45, 2.75) is 19.4 Å². The van der Waals surface area contributed by atoms with Gasteiger partial charge in [-0.1, -0.05) is 36.4 Å². The van der Waals surface area contributed by atoms with Gasteiger partial charge in [0.1, 0.15) is 5.75 Å². The van der Waals surface area contributed by atoms with Crippen molar-refractivity contribution in [1.29, 1.82) is 0 Å². The molecule has 0 aliphatic rings. The van der Waals surface area contributed by atoms with Crippen molar-refractivity contribution < 1.29 is 15.0 Å². The summed E-state index contributed by atoms with van der Waals surface area (Å²) in [5.74, 6) is 0.235. The first-order valence-corrected chi connectivity index (χ1v) is 7.65. The van der Waals surface area contributed by atoms with Crippen molar-refractivity contribution in [1.82, 2.24) is 10.6 Å². The molecule has 2 aromatic rings. The maximum absolute atomic E-state index is 11.7.